The van der Waals surface area contributed by atoms with Crippen LogP contribution in [0.4, 0.5) is 0 Å². The highest BCUT2D eigenvalue weighted by molar-refractivity contribution is 4.95. The third kappa shape index (κ3) is 7.14. The van der Waals surface area contributed by atoms with Crippen molar-refractivity contribution in [2.45, 2.75) is 52.7 Å². The van der Waals surface area contributed by atoms with Gasteiger partial charge in [0.25, 0.3) is 0 Å². The fourth-order valence-corrected chi connectivity index (χ4v) is 2.19. The fraction of sp³-hybridized carbons (Fsp3) is 0.867. The lowest BCUT2D eigenvalue weighted by Gasteiger charge is -2.31. The number of likely N-dealkylation sites (tertiary alicyclic amines) is 1. The molecule has 1 aliphatic heterocycles. The van der Waals surface area contributed by atoms with Crippen molar-refractivity contribution in [1.29, 1.82) is 0 Å². The Bertz CT molecular complexity index is 239. The van der Waals surface area contributed by atoms with Gasteiger partial charge < -0.3 is 10.1 Å². The van der Waals surface area contributed by atoms with Gasteiger partial charge in [-0.1, -0.05) is 11.6 Å². The molecule has 0 spiro atoms. The highest BCUT2D eigenvalue weighted by Crippen LogP contribution is 2.10. The second kappa shape index (κ2) is 8.68. The van der Waals surface area contributed by atoms with E-state index in [0.29, 0.717) is 12.1 Å². The Morgan fingerprint density at radius 1 is 1.33 bits per heavy atom. The summed E-state index contributed by atoms with van der Waals surface area (Å²) in [4.78, 5) is 2.54. The highest BCUT2D eigenvalue weighted by Gasteiger charge is 2.17. The normalized spacial score (nSPS) is 18.3. The van der Waals surface area contributed by atoms with Crippen molar-refractivity contribution in [1.82, 2.24) is 10.2 Å². The molecule has 0 amide bonds. The first-order valence-corrected chi connectivity index (χ1v) is 7.28. The van der Waals surface area contributed by atoms with Gasteiger partial charge in [-0.15, -0.1) is 0 Å². The fourth-order valence-electron chi connectivity index (χ4n) is 2.19. The number of hydrogen-bond acceptors (Lipinski definition) is 3. The standard InChI is InChI=1S/C15H30N2O/c1-13(2)5-9-17-10-6-15(7-11-17)16-8-12-18-14(3)4/h5,14-16H,6-12H2,1-4H3. The quantitative estimate of drug-likeness (QED) is 0.558. The zero-order chi connectivity index (χ0) is 13.4. The third-order valence-corrected chi connectivity index (χ3v) is 3.33. The number of allylic oxidation sites excluding steroid dienone is 1. The van der Waals surface area contributed by atoms with Crippen molar-refractivity contribution < 1.29 is 4.74 Å². The first-order valence-electron chi connectivity index (χ1n) is 7.28. The molecule has 3 nitrogen and oxygen atoms in total. The maximum absolute atomic E-state index is 5.54. The van der Waals surface area contributed by atoms with E-state index in [2.05, 4.69) is 44.0 Å². The molecule has 1 fully saturated rings. The predicted octanol–water partition coefficient (Wildman–Crippen LogP) is 2.43. The van der Waals surface area contributed by atoms with Gasteiger partial charge in [-0.2, -0.15) is 0 Å². The van der Waals surface area contributed by atoms with Crippen LogP contribution in [0.3, 0.4) is 0 Å². The number of nitrogens with zero attached hydrogens (tertiary/aromatic N) is 1. The van der Waals surface area contributed by atoms with E-state index in [0.717, 1.165) is 19.7 Å². The lowest BCUT2D eigenvalue weighted by Crippen LogP contribution is -2.43. The highest BCUT2D eigenvalue weighted by atomic mass is 16.5. The van der Waals surface area contributed by atoms with Crippen molar-refractivity contribution in [3.8, 4) is 0 Å². The summed E-state index contributed by atoms with van der Waals surface area (Å²) in [5.74, 6) is 0. The van der Waals surface area contributed by atoms with Crippen LogP contribution in [0.1, 0.15) is 40.5 Å². The van der Waals surface area contributed by atoms with Crippen LogP contribution in [0.5, 0.6) is 0 Å². The van der Waals surface area contributed by atoms with Crippen molar-refractivity contribution >= 4 is 0 Å². The average molecular weight is 254 g/mol. The van der Waals surface area contributed by atoms with E-state index < -0.39 is 0 Å². The molecular formula is C15H30N2O. The van der Waals surface area contributed by atoms with Crippen LogP contribution in [0.15, 0.2) is 11.6 Å². The molecule has 0 bridgehead atoms. The molecule has 0 radical (unpaired) electrons. The smallest absolute Gasteiger partial charge is 0.0594 e. The number of hydrogen-bond donors (Lipinski definition) is 1. The number of rotatable bonds is 7. The molecule has 1 N–H and O–H groups in total. The molecule has 0 aromatic carbocycles. The molecule has 1 saturated heterocycles. The van der Waals surface area contributed by atoms with E-state index in [4.69, 9.17) is 4.74 Å². The number of nitrogens with one attached hydrogen (secondary N) is 1. The molecular weight excluding hydrogens is 224 g/mol. The molecule has 0 aromatic rings. The summed E-state index contributed by atoms with van der Waals surface area (Å²) in [5, 5.41) is 3.60. The van der Waals surface area contributed by atoms with Crippen LogP contribution in [0, 0.1) is 0 Å². The molecule has 0 atom stereocenters. The second-order valence-corrected chi connectivity index (χ2v) is 5.73. The average Bonchev–Trinajstić information content (AvgIpc) is 2.33. The van der Waals surface area contributed by atoms with Gasteiger partial charge in [0.05, 0.1) is 12.7 Å². The van der Waals surface area contributed by atoms with E-state index in [9.17, 15) is 0 Å². The van der Waals surface area contributed by atoms with Crippen LogP contribution in [-0.2, 0) is 4.74 Å². The number of ether oxygens (including phenoxy) is 1. The summed E-state index contributed by atoms with van der Waals surface area (Å²) < 4.78 is 5.54. The molecule has 0 unspecified atom stereocenters. The molecule has 3 heteroatoms. The van der Waals surface area contributed by atoms with E-state index in [1.165, 1.54) is 31.5 Å². The second-order valence-electron chi connectivity index (χ2n) is 5.73. The zero-order valence-electron chi connectivity index (χ0n) is 12.5. The van der Waals surface area contributed by atoms with Gasteiger partial charge in [0.1, 0.15) is 0 Å². The van der Waals surface area contributed by atoms with Gasteiger partial charge in [0.2, 0.25) is 0 Å². The Hall–Kier alpha value is -0.380. The first kappa shape index (κ1) is 15.7. The van der Waals surface area contributed by atoms with Gasteiger partial charge in [-0.3, -0.25) is 4.90 Å². The molecule has 106 valence electrons. The summed E-state index contributed by atoms with van der Waals surface area (Å²) in [7, 11) is 0. The van der Waals surface area contributed by atoms with Crippen LogP contribution in [0.2, 0.25) is 0 Å². The molecule has 18 heavy (non-hydrogen) atoms. The Labute approximate surface area is 113 Å². The minimum absolute atomic E-state index is 0.345. The van der Waals surface area contributed by atoms with Crippen LogP contribution in [0.25, 0.3) is 0 Å². The van der Waals surface area contributed by atoms with Gasteiger partial charge in [0, 0.05) is 19.1 Å². The van der Waals surface area contributed by atoms with E-state index in [1.54, 1.807) is 0 Å². The summed E-state index contributed by atoms with van der Waals surface area (Å²) in [6.07, 6.45) is 5.19. The Morgan fingerprint density at radius 3 is 2.56 bits per heavy atom. The summed E-state index contributed by atoms with van der Waals surface area (Å²) in [6.45, 7) is 13.9. The third-order valence-electron chi connectivity index (χ3n) is 3.33. The van der Waals surface area contributed by atoms with Crippen molar-refractivity contribution in [3.63, 3.8) is 0 Å². The first-order chi connectivity index (χ1) is 8.58. The van der Waals surface area contributed by atoms with Crippen molar-refractivity contribution in [2.75, 3.05) is 32.8 Å². The van der Waals surface area contributed by atoms with Gasteiger partial charge in [-0.25, -0.2) is 0 Å². The lowest BCUT2D eigenvalue weighted by atomic mass is 10.1. The largest absolute Gasteiger partial charge is 0.377 e. The molecule has 1 rings (SSSR count). The summed E-state index contributed by atoms with van der Waals surface area (Å²) in [6, 6.07) is 0.684. The predicted molar refractivity (Wildman–Crippen MR) is 78.0 cm³/mol. The SMILES string of the molecule is CC(C)=CCN1CCC(NCCOC(C)C)CC1. The Morgan fingerprint density at radius 2 is 2.00 bits per heavy atom. The lowest BCUT2D eigenvalue weighted by molar-refractivity contribution is 0.0773. The molecule has 0 aliphatic carbocycles. The van der Waals surface area contributed by atoms with Crippen molar-refractivity contribution in [3.05, 3.63) is 11.6 Å². The van der Waals surface area contributed by atoms with E-state index >= 15 is 0 Å². The van der Waals surface area contributed by atoms with Gasteiger partial charge >= 0.3 is 0 Å². The Balaban J connectivity index is 2.06. The molecule has 1 aliphatic rings. The van der Waals surface area contributed by atoms with Gasteiger partial charge in [0.15, 0.2) is 0 Å². The maximum atomic E-state index is 5.54. The van der Waals surface area contributed by atoms with Crippen molar-refractivity contribution in [2.24, 2.45) is 0 Å². The summed E-state index contributed by atoms with van der Waals surface area (Å²) in [5.41, 5.74) is 1.42. The molecule has 1 heterocycles. The van der Waals surface area contributed by atoms with Crippen LogP contribution in [-0.4, -0.2) is 49.8 Å². The van der Waals surface area contributed by atoms with Crippen LogP contribution >= 0.6 is 0 Å². The Kier molecular flexibility index (Phi) is 7.56. The molecule has 0 saturated carbocycles. The van der Waals surface area contributed by atoms with Crippen LogP contribution < -0.4 is 5.32 Å². The summed E-state index contributed by atoms with van der Waals surface area (Å²) >= 11 is 0. The van der Waals surface area contributed by atoms with Gasteiger partial charge in [-0.05, 0) is 53.6 Å². The van der Waals surface area contributed by atoms with E-state index in [1.807, 2.05) is 0 Å². The van der Waals surface area contributed by atoms with E-state index in [-0.39, 0.29) is 0 Å². The minimum atomic E-state index is 0.345. The topological polar surface area (TPSA) is 24.5 Å². The maximum Gasteiger partial charge on any atom is 0.0594 e. The monoisotopic (exact) mass is 254 g/mol. The zero-order valence-corrected chi connectivity index (χ0v) is 12.5. The number of piperidine rings is 1. The minimum Gasteiger partial charge on any atom is -0.377 e. The molecule has 0 aromatic heterocycles.